The summed E-state index contributed by atoms with van der Waals surface area (Å²) in [6, 6.07) is 16.7. The molecule has 22 heavy (non-hydrogen) atoms. The van der Waals surface area contributed by atoms with Gasteiger partial charge in [-0.25, -0.2) is 4.79 Å². The van der Waals surface area contributed by atoms with Crippen LogP contribution in [0.25, 0.3) is 10.9 Å². The minimum Gasteiger partial charge on any atom is -0.479 e. The molecular formula is C17H14N2O3. The Morgan fingerprint density at radius 3 is 2.36 bits per heavy atom. The van der Waals surface area contributed by atoms with Gasteiger partial charge in [0.25, 0.3) is 5.91 Å². The van der Waals surface area contributed by atoms with Crippen LogP contribution in [0.15, 0.2) is 60.7 Å². The van der Waals surface area contributed by atoms with E-state index < -0.39 is 17.9 Å². The number of H-pyrrole nitrogens is 1. The number of nitrogens with one attached hydrogen (secondary N) is 2. The van der Waals surface area contributed by atoms with Crippen LogP contribution in [0.2, 0.25) is 0 Å². The van der Waals surface area contributed by atoms with Crippen molar-refractivity contribution in [2.75, 3.05) is 0 Å². The third-order valence-corrected chi connectivity index (χ3v) is 3.43. The SMILES string of the molecule is O=C(N[C@@H](C(=O)O)c1ccccc1)c1cc2ccccc2[nH]1. The first-order valence-corrected chi connectivity index (χ1v) is 6.81. The summed E-state index contributed by atoms with van der Waals surface area (Å²) >= 11 is 0. The fraction of sp³-hybridized carbons (Fsp3) is 0.0588. The van der Waals surface area contributed by atoms with Crippen molar-refractivity contribution in [2.45, 2.75) is 6.04 Å². The van der Waals surface area contributed by atoms with E-state index in [-0.39, 0.29) is 0 Å². The van der Waals surface area contributed by atoms with Gasteiger partial charge in [-0.3, -0.25) is 4.79 Å². The van der Waals surface area contributed by atoms with Gasteiger partial charge in [0, 0.05) is 10.9 Å². The molecule has 2 aromatic carbocycles. The molecule has 3 N–H and O–H groups in total. The van der Waals surface area contributed by atoms with E-state index >= 15 is 0 Å². The number of para-hydroxylation sites is 1. The zero-order chi connectivity index (χ0) is 15.5. The number of hydrogen-bond acceptors (Lipinski definition) is 2. The molecule has 0 radical (unpaired) electrons. The first-order valence-electron chi connectivity index (χ1n) is 6.81. The molecule has 3 rings (SSSR count). The van der Waals surface area contributed by atoms with Crippen molar-refractivity contribution in [1.29, 1.82) is 0 Å². The normalized spacial score (nSPS) is 12.0. The molecule has 1 atom stereocenters. The van der Waals surface area contributed by atoms with Crippen molar-refractivity contribution in [3.63, 3.8) is 0 Å². The summed E-state index contributed by atoms with van der Waals surface area (Å²) in [5, 5.41) is 12.8. The van der Waals surface area contributed by atoms with Crippen molar-refractivity contribution in [3.05, 3.63) is 71.9 Å². The molecular weight excluding hydrogens is 280 g/mol. The second kappa shape index (κ2) is 5.73. The molecule has 5 heteroatoms. The lowest BCUT2D eigenvalue weighted by Gasteiger charge is -2.14. The standard InChI is InChI=1S/C17H14N2O3/c20-16(14-10-12-8-4-5-9-13(12)18-14)19-15(17(21)22)11-6-2-1-3-7-11/h1-10,15,18H,(H,19,20)(H,21,22)/t15-/m1/s1. The summed E-state index contributed by atoms with van der Waals surface area (Å²) in [6.07, 6.45) is 0. The Labute approximate surface area is 126 Å². The quantitative estimate of drug-likeness (QED) is 0.692. The topological polar surface area (TPSA) is 82.2 Å². The Balaban J connectivity index is 1.86. The summed E-state index contributed by atoms with van der Waals surface area (Å²) in [5.41, 5.74) is 1.70. The fourth-order valence-electron chi connectivity index (χ4n) is 2.34. The van der Waals surface area contributed by atoms with Crippen molar-refractivity contribution in [3.8, 4) is 0 Å². The van der Waals surface area contributed by atoms with Crippen molar-refractivity contribution >= 4 is 22.8 Å². The van der Waals surface area contributed by atoms with Crippen LogP contribution in [0, 0.1) is 0 Å². The van der Waals surface area contributed by atoms with E-state index in [1.165, 1.54) is 0 Å². The van der Waals surface area contributed by atoms with Crippen LogP contribution in [0.3, 0.4) is 0 Å². The largest absolute Gasteiger partial charge is 0.479 e. The summed E-state index contributed by atoms with van der Waals surface area (Å²) in [4.78, 5) is 26.7. The van der Waals surface area contributed by atoms with Gasteiger partial charge in [-0.15, -0.1) is 0 Å². The lowest BCUT2D eigenvalue weighted by Crippen LogP contribution is -2.33. The van der Waals surface area contributed by atoms with Crippen LogP contribution in [0.4, 0.5) is 0 Å². The molecule has 5 nitrogen and oxygen atoms in total. The number of benzene rings is 2. The zero-order valence-electron chi connectivity index (χ0n) is 11.6. The Morgan fingerprint density at radius 2 is 1.68 bits per heavy atom. The Hall–Kier alpha value is -3.08. The van der Waals surface area contributed by atoms with Gasteiger partial charge in [-0.1, -0.05) is 48.5 Å². The van der Waals surface area contributed by atoms with Crippen LogP contribution in [0.1, 0.15) is 22.1 Å². The number of carboxylic acid groups (broad SMARTS) is 1. The minimum absolute atomic E-state index is 0.336. The molecule has 1 heterocycles. The maximum Gasteiger partial charge on any atom is 0.330 e. The summed E-state index contributed by atoms with van der Waals surface area (Å²) < 4.78 is 0. The lowest BCUT2D eigenvalue weighted by molar-refractivity contribution is -0.139. The van der Waals surface area contributed by atoms with E-state index in [1.807, 2.05) is 24.3 Å². The molecule has 0 unspecified atom stereocenters. The molecule has 1 aromatic heterocycles. The molecule has 3 aromatic rings. The number of aromatic amines is 1. The molecule has 1 amide bonds. The monoisotopic (exact) mass is 294 g/mol. The molecule has 0 bridgehead atoms. The second-order valence-electron chi connectivity index (χ2n) is 4.93. The maximum atomic E-state index is 12.3. The van der Waals surface area contributed by atoms with E-state index in [0.717, 1.165) is 10.9 Å². The van der Waals surface area contributed by atoms with Gasteiger partial charge in [0.05, 0.1) is 0 Å². The van der Waals surface area contributed by atoms with E-state index in [0.29, 0.717) is 11.3 Å². The van der Waals surface area contributed by atoms with E-state index in [1.54, 1.807) is 36.4 Å². The Kier molecular flexibility index (Phi) is 3.62. The maximum absolute atomic E-state index is 12.3. The highest BCUT2D eigenvalue weighted by atomic mass is 16.4. The number of amides is 1. The average Bonchev–Trinajstić information content (AvgIpc) is 2.97. The zero-order valence-corrected chi connectivity index (χ0v) is 11.6. The first-order chi connectivity index (χ1) is 10.6. The number of fused-ring (bicyclic) bond motifs is 1. The first kappa shape index (κ1) is 13.9. The average molecular weight is 294 g/mol. The number of aromatic nitrogens is 1. The van der Waals surface area contributed by atoms with E-state index in [4.69, 9.17) is 0 Å². The Morgan fingerprint density at radius 1 is 1.00 bits per heavy atom. The predicted molar refractivity (Wildman–Crippen MR) is 82.6 cm³/mol. The Bertz CT molecular complexity index is 791. The molecule has 0 saturated heterocycles. The highest BCUT2D eigenvalue weighted by Crippen LogP contribution is 2.17. The molecule has 0 aliphatic heterocycles. The van der Waals surface area contributed by atoms with Gasteiger partial charge in [0.15, 0.2) is 6.04 Å². The highest BCUT2D eigenvalue weighted by molar-refractivity contribution is 5.99. The summed E-state index contributed by atoms with van der Waals surface area (Å²) in [6.45, 7) is 0. The number of hydrogen-bond donors (Lipinski definition) is 3. The van der Waals surface area contributed by atoms with Crippen molar-refractivity contribution in [2.24, 2.45) is 0 Å². The molecule has 0 saturated carbocycles. The van der Waals surface area contributed by atoms with Gasteiger partial charge >= 0.3 is 5.97 Å². The molecule has 0 aliphatic rings. The lowest BCUT2D eigenvalue weighted by atomic mass is 10.1. The van der Waals surface area contributed by atoms with Gasteiger partial charge in [0.2, 0.25) is 0 Å². The number of aliphatic carboxylic acids is 1. The molecule has 0 spiro atoms. The molecule has 110 valence electrons. The molecule has 0 aliphatic carbocycles. The second-order valence-corrected chi connectivity index (χ2v) is 4.93. The highest BCUT2D eigenvalue weighted by Gasteiger charge is 2.23. The van der Waals surface area contributed by atoms with Crippen LogP contribution in [-0.4, -0.2) is 22.0 Å². The third kappa shape index (κ3) is 2.69. The summed E-state index contributed by atoms with van der Waals surface area (Å²) in [7, 11) is 0. The van der Waals surface area contributed by atoms with E-state index in [9.17, 15) is 14.7 Å². The number of carbonyl (C=O) groups excluding carboxylic acids is 1. The third-order valence-electron chi connectivity index (χ3n) is 3.43. The van der Waals surface area contributed by atoms with Crippen LogP contribution >= 0.6 is 0 Å². The number of carbonyl (C=O) groups is 2. The van der Waals surface area contributed by atoms with Crippen LogP contribution < -0.4 is 5.32 Å². The van der Waals surface area contributed by atoms with Crippen molar-refractivity contribution < 1.29 is 14.7 Å². The van der Waals surface area contributed by atoms with Crippen LogP contribution in [-0.2, 0) is 4.79 Å². The van der Waals surface area contributed by atoms with Crippen LogP contribution in [0.5, 0.6) is 0 Å². The van der Waals surface area contributed by atoms with Crippen molar-refractivity contribution in [1.82, 2.24) is 10.3 Å². The smallest absolute Gasteiger partial charge is 0.330 e. The number of carboxylic acids is 1. The molecule has 0 fully saturated rings. The summed E-state index contributed by atoms with van der Waals surface area (Å²) in [5.74, 6) is -1.55. The van der Waals surface area contributed by atoms with Gasteiger partial charge in [-0.05, 0) is 17.7 Å². The van der Waals surface area contributed by atoms with E-state index in [2.05, 4.69) is 10.3 Å². The fourth-order valence-corrected chi connectivity index (χ4v) is 2.34. The van der Waals surface area contributed by atoms with Gasteiger partial charge < -0.3 is 15.4 Å². The predicted octanol–water partition coefficient (Wildman–Crippen LogP) is 2.72. The number of rotatable bonds is 4. The minimum atomic E-state index is -1.10. The van der Waals surface area contributed by atoms with Gasteiger partial charge in [0.1, 0.15) is 5.69 Å². The van der Waals surface area contributed by atoms with Gasteiger partial charge in [-0.2, -0.15) is 0 Å².